The van der Waals surface area contributed by atoms with E-state index in [0.717, 1.165) is 17.1 Å². The highest BCUT2D eigenvalue weighted by Crippen LogP contribution is 2.19. The minimum atomic E-state index is -0.219. The molecule has 5 heteroatoms. The third kappa shape index (κ3) is 1.99. The first kappa shape index (κ1) is 12.3. The fraction of sp³-hybridized carbons (Fsp3) is 0.308. The standard InChI is InChI=1S/C13H17N3O2/c1-8(2)12-11(14)13(17)16(15-12)9-4-6-10(18-3)7-5-9/h4-8,15H,14H2,1-3H3. The van der Waals surface area contributed by atoms with Crippen LogP contribution >= 0.6 is 0 Å². The molecule has 0 atom stereocenters. The molecule has 0 aliphatic carbocycles. The number of methoxy groups -OCH3 is 1. The molecule has 0 fully saturated rings. The molecule has 2 rings (SSSR count). The summed E-state index contributed by atoms with van der Waals surface area (Å²) in [5.74, 6) is 0.924. The molecular weight excluding hydrogens is 230 g/mol. The van der Waals surface area contributed by atoms with E-state index in [4.69, 9.17) is 10.5 Å². The van der Waals surface area contributed by atoms with Crippen LogP contribution in [0.15, 0.2) is 29.1 Å². The number of anilines is 1. The summed E-state index contributed by atoms with van der Waals surface area (Å²) in [6.45, 7) is 3.97. The lowest BCUT2D eigenvalue weighted by Crippen LogP contribution is -2.16. The molecule has 96 valence electrons. The Hall–Kier alpha value is -2.17. The predicted octanol–water partition coefficient (Wildman–Crippen LogP) is 1.88. The van der Waals surface area contributed by atoms with Gasteiger partial charge in [-0.05, 0) is 30.2 Å². The number of nitrogens with zero attached hydrogens (tertiary/aromatic N) is 1. The molecule has 5 nitrogen and oxygen atoms in total. The number of aromatic nitrogens is 2. The number of nitrogens with two attached hydrogens (primary N) is 1. The third-order valence-corrected chi connectivity index (χ3v) is 2.86. The molecule has 1 aromatic heterocycles. The van der Waals surface area contributed by atoms with Gasteiger partial charge in [-0.1, -0.05) is 13.8 Å². The lowest BCUT2D eigenvalue weighted by molar-refractivity contribution is 0.414. The summed E-state index contributed by atoms with van der Waals surface area (Å²) >= 11 is 0. The summed E-state index contributed by atoms with van der Waals surface area (Å²) in [6.07, 6.45) is 0. The first-order chi connectivity index (χ1) is 8.54. The van der Waals surface area contributed by atoms with Crippen LogP contribution in [0.5, 0.6) is 5.75 Å². The van der Waals surface area contributed by atoms with Crippen LogP contribution in [0.2, 0.25) is 0 Å². The summed E-state index contributed by atoms with van der Waals surface area (Å²) in [6, 6.07) is 7.21. The SMILES string of the molecule is COc1ccc(-n2[nH]c(C(C)C)c(N)c2=O)cc1. The fourth-order valence-corrected chi connectivity index (χ4v) is 1.82. The summed E-state index contributed by atoms with van der Waals surface area (Å²) in [5, 5.41) is 3.04. The summed E-state index contributed by atoms with van der Waals surface area (Å²) in [5.41, 5.74) is 7.36. The van der Waals surface area contributed by atoms with Crippen molar-refractivity contribution in [3.05, 3.63) is 40.3 Å². The van der Waals surface area contributed by atoms with E-state index in [9.17, 15) is 4.79 Å². The molecule has 18 heavy (non-hydrogen) atoms. The van der Waals surface area contributed by atoms with Gasteiger partial charge in [-0.2, -0.15) is 0 Å². The van der Waals surface area contributed by atoms with E-state index in [2.05, 4.69) is 5.10 Å². The molecule has 0 bridgehead atoms. The van der Waals surface area contributed by atoms with Crippen molar-refractivity contribution in [3.63, 3.8) is 0 Å². The zero-order chi connectivity index (χ0) is 13.3. The second-order valence-electron chi connectivity index (χ2n) is 4.43. The molecule has 0 amide bonds. The molecular formula is C13H17N3O2. The van der Waals surface area contributed by atoms with Gasteiger partial charge in [-0.25, -0.2) is 4.68 Å². The van der Waals surface area contributed by atoms with Gasteiger partial charge in [0.2, 0.25) is 0 Å². The molecule has 1 aromatic carbocycles. The Balaban J connectivity index is 2.50. The van der Waals surface area contributed by atoms with Crippen molar-refractivity contribution in [1.82, 2.24) is 9.78 Å². The Morgan fingerprint density at radius 1 is 1.28 bits per heavy atom. The van der Waals surface area contributed by atoms with Gasteiger partial charge < -0.3 is 10.5 Å². The maximum absolute atomic E-state index is 12.0. The van der Waals surface area contributed by atoms with E-state index >= 15 is 0 Å². The number of benzene rings is 1. The largest absolute Gasteiger partial charge is 0.497 e. The topological polar surface area (TPSA) is 73.0 Å². The minimum Gasteiger partial charge on any atom is -0.497 e. The quantitative estimate of drug-likeness (QED) is 0.869. The molecule has 2 aromatic rings. The van der Waals surface area contributed by atoms with Crippen LogP contribution in [0.3, 0.4) is 0 Å². The molecule has 0 saturated carbocycles. The Labute approximate surface area is 105 Å². The molecule has 1 heterocycles. The van der Waals surface area contributed by atoms with Crippen LogP contribution in [0, 0.1) is 0 Å². The van der Waals surface area contributed by atoms with Crippen molar-refractivity contribution < 1.29 is 4.74 Å². The van der Waals surface area contributed by atoms with Crippen molar-refractivity contribution in [3.8, 4) is 11.4 Å². The van der Waals surface area contributed by atoms with Crippen molar-refractivity contribution in [1.29, 1.82) is 0 Å². The Kier molecular flexibility index (Phi) is 3.14. The Morgan fingerprint density at radius 2 is 1.89 bits per heavy atom. The van der Waals surface area contributed by atoms with E-state index < -0.39 is 0 Å². The lowest BCUT2D eigenvalue weighted by Gasteiger charge is -2.04. The monoisotopic (exact) mass is 247 g/mol. The molecule has 3 N–H and O–H groups in total. The van der Waals surface area contributed by atoms with Crippen molar-refractivity contribution in [2.75, 3.05) is 12.8 Å². The predicted molar refractivity (Wildman–Crippen MR) is 71.4 cm³/mol. The smallest absolute Gasteiger partial charge is 0.294 e. The van der Waals surface area contributed by atoms with Gasteiger partial charge in [-0.15, -0.1) is 0 Å². The summed E-state index contributed by atoms with van der Waals surface area (Å²) in [4.78, 5) is 12.0. The molecule has 0 aliphatic rings. The number of rotatable bonds is 3. The van der Waals surface area contributed by atoms with E-state index in [-0.39, 0.29) is 17.2 Å². The van der Waals surface area contributed by atoms with Crippen molar-refractivity contribution in [2.45, 2.75) is 19.8 Å². The van der Waals surface area contributed by atoms with Crippen LogP contribution in [0.1, 0.15) is 25.5 Å². The first-order valence-electron chi connectivity index (χ1n) is 5.79. The van der Waals surface area contributed by atoms with Gasteiger partial charge in [-0.3, -0.25) is 9.89 Å². The van der Waals surface area contributed by atoms with Crippen molar-refractivity contribution >= 4 is 5.69 Å². The van der Waals surface area contributed by atoms with Crippen LogP contribution in [-0.4, -0.2) is 16.9 Å². The number of ether oxygens (including phenoxy) is 1. The van der Waals surface area contributed by atoms with E-state index in [1.807, 2.05) is 13.8 Å². The highest BCUT2D eigenvalue weighted by molar-refractivity contribution is 5.46. The van der Waals surface area contributed by atoms with Crippen LogP contribution in [-0.2, 0) is 0 Å². The lowest BCUT2D eigenvalue weighted by atomic mass is 10.1. The molecule has 0 radical (unpaired) electrons. The molecule has 0 spiro atoms. The Morgan fingerprint density at radius 3 is 2.33 bits per heavy atom. The Bertz CT molecular complexity index is 594. The summed E-state index contributed by atoms with van der Waals surface area (Å²) < 4.78 is 6.53. The molecule has 0 saturated heterocycles. The number of nitrogen functional groups attached to an aromatic ring is 1. The number of aromatic amines is 1. The van der Waals surface area contributed by atoms with Crippen LogP contribution in [0.25, 0.3) is 5.69 Å². The van der Waals surface area contributed by atoms with E-state index in [1.165, 1.54) is 4.68 Å². The maximum Gasteiger partial charge on any atom is 0.294 e. The fourth-order valence-electron chi connectivity index (χ4n) is 1.82. The zero-order valence-electron chi connectivity index (χ0n) is 10.7. The highest BCUT2D eigenvalue weighted by Gasteiger charge is 2.14. The maximum atomic E-state index is 12.0. The second kappa shape index (κ2) is 4.60. The number of hydrogen-bond acceptors (Lipinski definition) is 3. The molecule has 0 unspecified atom stereocenters. The van der Waals surface area contributed by atoms with Gasteiger partial charge in [0.25, 0.3) is 5.56 Å². The van der Waals surface area contributed by atoms with Gasteiger partial charge in [0.05, 0.1) is 18.5 Å². The highest BCUT2D eigenvalue weighted by atomic mass is 16.5. The van der Waals surface area contributed by atoms with Gasteiger partial charge in [0.1, 0.15) is 11.4 Å². The van der Waals surface area contributed by atoms with Gasteiger partial charge in [0, 0.05) is 0 Å². The number of H-pyrrole nitrogens is 1. The zero-order valence-corrected chi connectivity index (χ0v) is 10.7. The van der Waals surface area contributed by atoms with Gasteiger partial charge in [0.15, 0.2) is 0 Å². The average Bonchev–Trinajstić information content (AvgIpc) is 2.67. The van der Waals surface area contributed by atoms with Crippen molar-refractivity contribution in [2.24, 2.45) is 0 Å². The van der Waals surface area contributed by atoms with Crippen LogP contribution in [0.4, 0.5) is 5.69 Å². The number of nitrogens with one attached hydrogen (secondary N) is 1. The average molecular weight is 247 g/mol. The molecule has 0 aliphatic heterocycles. The number of hydrogen-bond donors (Lipinski definition) is 2. The normalized spacial score (nSPS) is 10.9. The summed E-state index contributed by atoms with van der Waals surface area (Å²) in [7, 11) is 1.60. The minimum absolute atomic E-state index is 0.178. The first-order valence-corrected chi connectivity index (χ1v) is 5.79. The van der Waals surface area contributed by atoms with Gasteiger partial charge >= 0.3 is 0 Å². The second-order valence-corrected chi connectivity index (χ2v) is 4.43. The van der Waals surface area contributed by atoms with E-state index in [0.29, 0.717) is 0 Å². The van der Waals surface area contributed by atoms with Crippen LogP contribution < -0.4 is 16.0 Å². The third-order valence-electron chi connectivity index (χ3n) is 2.86. The van der Waals surface area contributed by atoms with E-state index in [1.54, 1.807) is 31.4 Å².